The predicted octanol–water partition coefficient (Wildman–Crippen LogP) is 5.17. The molecule has 0 aliphatic carbocycles. The first-order chi connectivity index (χ1) is 12.0. The Morgan fingerprint density at radius 1 is 0.760 bits per heavy atom. The molecule has 0 saturated carbocycles. The van der Waals surface area contributed by atoms with Gasteiger partial charge in [0.1, 0.15) is 0 Å². The Morgan fingerprint density at radius 2 is 1.24 bits per heavy atom. The van der Waals surface area contributed by atoms with Crippen LogP contribution < -0.4 is 9.47 Å². The molecule has 0 fully saturated rings. The van der Waals surface area contributed by atoms with Crippen LogP contribution in [0.5, 0.6) is 11.5 Å². The Labute approximate surface area is 160 Å². The normalized spacial score (nSPS) is 17.4. The second kappa shape index (κ2) is 7.74. The van der Waals surface area contributed by atoms with Crippen LogP contribution in [0.2, 0.25) is 0 Å². The number of rotatable bonds is 4. The van der Waals surface area contributed by atoms with Crippen LogP contribution in [0.25, 0.3) is 4.47 Å². The molecule has 0 aromatic heterocycles. The minimum absolute atomic E-state index is 0.884. The van der Waals surface area contributed by atoms with Crippen molar-refractivity contribution in [3.8, 4) is 11.5 Å². The summed E-state index contributed by atoms with van der Waals surface area (Å²) in [4.78, 5) is 0. The number of ether oxygens (including phenoxy) is 2. The van der Waals surface area contributed by atoms with Crippen LogP contribution in [-0.4, -0.2) is 30.3 Å². The van der Waals surface area contributed by atoms with Crippen LogP contribution in [0.4, 0.5) is 0 Å². The fourth-order valence-electron chi connectivity index (χ4n) is 2.99. The zero-order valence-electron chi connectivity index (χ0n) is 14.8. The van der Waals surface area contributed by atoms with Crippen molar-refractivity contribution >= 4 is 34.7 Å². The summed E-state index contributed by atoms with van der Waals surface area (Å²) in [5.74, 6) is 1.77. The SMILES string of the molecule is COc1ccc(C2=C(C)C=C(C)C(c3ccc(OC)cc3)=[Se]2Br)cc1. The Morgan fingerprint density at radius 3 is 1.72 bits per heavy atom. The molecule has 2 nitrogen and oxygen atoms in total. The van der Waals surface area contributed by atoms with Crippen LogP contribution in [0, 0.1) is 0 Å². The molecule has 1 aliphatic rings. The Balaban J connectivity index is 2.11. The molecule has 2 aromatic carbocycles. The summed E-state index contributed by atoms with van der Waals surface area (Å²) < 4.78 is 13.4. The average molecular weight is 464 g/mol. The third kappa shape index (κ3) is 3.67. The first-order valence-electron chi connectivity index (χ1n) is 8.01. The van der Waals surface area contributed by atoms with Crippen molar-refractivity contribution < 1.29 is 9.47 Å². The van der Waals surface area contributed by atoms with E-state index in [1.165, 1.54) is 31.2 Å². The van der Waals surface area contributed by atoms with Gasteiger partial charge in [-0.15, -0.1) is 0 Å². The summed E-state index contributed by atoms with van der Waals surface area (Å²) in [6.45, 7) is 4.40. The predicted molar refractivity (Wildman–Crippen MR) is 111 cm³/mol. The van der Waals surface area contributed by atoms with Gasteiger partial charge in [-0.1, -0.05) is 0 Å². The monoisotopic (exact) mass is 464 g/mol. The number of allylic oxidation sites excluding steroid dienone is 3. The maximum atomic E-state index is 5.29. The van der Waals surface area contributed by atoms with Crippen LogP contribution in [0.3, 0.4) is 0 Å². The molecular formula is C21H21BrO2Se. The Hall–Kier alpha value is -1.61. The van der Waals surface area contributed by atoms with Gasteiger partial charge < -0.3 is 0 Å². The molecule has 2 aromatic rings. The summed E-state index contributed by atoms with van der Waals surface area (Å²) in [7, 11) is 3.39. The van der Waals surface area contributed by atoms with E-state index < -0.39 is 11.7 Å². The second-order valence-electron chi connectivity index (χ2n) is 5.88. The maximum absolute atomic E-state index is 5.29. The van der Waals surface area contributed by atoms with Gasteiger partial charge in [-0.2, -0.15) is 0 Å². The quantitative estimate of drug-likeness (QED) is 0.582. The van der Waals surface area contributed by atoms with Gasteiger partial charge in [0, 0.05) is 0 Å². The summed E-state index contributed by atoms with van der Waals surface area (Å²) in [5, 5.41) is 0. The van der Waals surface area contributed by atoms with Gasteiger partial charge in [-0.05, 0) is 0 Å². The van der Waals surface area contributed by atoms with Gasteiger partial charge in [0.05, 0.1) is 0 Å². The van der Waals surface area contributed by atoms with Crippen LogP contribution in [0.1, 0.15) is 25.0 Å². The van der Waals surface area contributed by atoms with Crippen molar-refractivity contribution in [2.75, 3.05) is 14.2 Å². The molecule has 0 bridgehead atoms. The van der Waals surface area contributed by atoms with E-state index in [-0.39, 0.29) is 0 Å². The van der Waals surface area contributed by atoms with E-state index in [0.29, 0.717) is 0 Å². The third-order valence-electron chi connectivity index (χ3n) is 4.21. The fourth-order valence-corrected chi connectivity index (χ4v) is 10.9. The molecule has 1 atom stereocenters. The van der Waals surface area contributed by atoms with Crippen molar-refractivity contribution in [3.63, 3.8) is 0 Å². The second-order valence-corrected chi connectivity index (χ2v) is 12.0. The van der Waals surface area contributed by atoms with Crippen LogP contribution in [0.15, 0.2) is 65.8 Å². The number of benzene rings is 2. The molecule has 25 heavy (non-hydrogen) atoms. The molecule has 130 valence electrons. The van der Waals surface area contributed by atoms with Crippen molar-refractivity contribution in [2.24, 2.45) is 0 Å². The zero-order chi connectivity index (χ0) is 18.0. The molecule has 0 radical (unpaired) electrons. The molecular weight excluding hydrogens is 443 g/mol. The van der Waals surface area contributed by atoms with Crippen LogP contribution >= 0.6 is 14.1 Å². The third-order valence-corrected chi connectivity index (χ3v) is 11.4. The van der Waals surface area contributed by atoms with Crippen molar-refractivity contribution in [2.45, 2.75) is 13.8 Å². The van der Waals surface area contributed by atoms with E-state index in [4.69, 9.17) is 9.47 Å². The number of methoxy groups -OCH3 is 2. The summed E-state index contributed by atoms with van der Waals surface area (Å²) >= 11 is 2.75. The van der Waals surface area contributed by atoms with Gasteiger partial charge in [0.15, 0.2) is 0 Å². The molecule has 0 saturated heterocycles. The molecule has 0 N–H and O–H groups in total. The van der Waals surface area contributed by atoms with Gasteiger partial charge in [0.25, 0.3) is 0 Å². The zero-order valence-corrected chi connectivity index (χ0v) is 18.1. The number of hydrogen-bond acceptors (Lipinski definition) is 2. The minimum atomic E-state index is -1.32. The molecule has 4 heteroatoms. The van der Waals surface area contributed by atoms with Gasteiger partial charge in [-0.25, -0.2) is 0 Å². The van der Waals surface area contributed by atoms with Crippen molar-refractivity contribution in [1.29, 1.82) is 0 Å². The fraction of sp³-hybridized carbons (Fsp3) is 0.190. The summed E-state index contributed by atoms with van der Waals surface area (Å²) in [6, 6.07) is 16.7. The number of hydrogen-bond donors (Lipinski definition) is 0. The van der Waals surface area contributed by atoms with E-state index in [9.17, 15) is 0 Å². The molecule has 1 aliphatic heterocycles. The van der Waals surface area contributed by atoms with Gasteiger partial charge in [-0.3, -0.25) is 0 Å². The van der Waals surface area contributed by atoms with E-state index >= 15 is 0 Å². The average Bonchev–Trinajstić information content (AvgIpc) is 2.62. The standard InChI is InChI=1S/C21H21BrO2Se/c1-14-13-15(2)21(17-7-11-19(24-4)12-8-17)25(22)20(14)16-5-9-18(23-3)10-6-16/h5-13H,1-4H3. The Kier molecular flexibility index (Phi) is 5.63. The molecule has 3 rings (SSSR count). The number of halogens is 1. The van der Waals surface area contributed by atoms with E-state index in [2.05, 4.69) is 58.3 Å². The first kappa shape index (κ1) is 18.2. The first-order valence-corrected chi connectivity index (χ1v) is 13.7. The van der Waals surface area contributed by atoms with Gasteiger partial charge >= 0.3 is 161 Å². The van der Waals surface area contributed by atoms with Crippen LogP contribution in [-0.2, 0) is 0 Å². The molecule has 1 heterocycles. The summed E-state index contributed by atoms with van der Waals surface area (Å²) in [6.07, 6.45) is 2.29. The molecule has 0 amide bonds. The topological polar surface area (TPSA) is 18.5 Å². The Bertz CT molecular complexity index is 824. The van der Waals surface area contributed by atoms with E-state index in [0.717, 1.165) is 11.5 Å². The molecule has 0 spiro atoms. The van der Waals surface area contributed by atoms with E-state index in [1.807, 2.05) is 24.3 Å². The van der Waals surface area contributed by atoms with Crippen molar-refractivity contribution in [1.82, 2.24) is 0 Å². The van der Waals surface area contributed by atoms with Gasteiger partial charge in [0.2, 0.25) is 0 Å². The molecule has 1 unspecified atom stereocenters. The van der Waals surface area contributed by atoms with Crippen molar-refractivity contribution in [3.05, 3.63) is 76.9 Å². The van der Waals surface area contributed by atoms with E-state index in [1.54, 1.807) is 14.2 Å². The summed E-state index contributed by atoms with van der Waals surface area (Å²) in [5.41, 5.74) is 5.19.